The number of hydrogen-bond donors (Lipinski definition) is 0. The Balaban J connectivity index is -0.0000000847. The molecule has 0 aromatic rings. The van der Waals surface area contributed by atoms with Crippen molar-refractivity contribution in [3.8, 4) is 0 Å². The van der Waals surface area contributed by atoms with E-state index in [1.54, 1.807) is 0 Å². The highest BCUT2D eigenvalue weighted by molar-refractivity contribution is 3.86. The molecule has 0 saturated heterocycles. The van der Waals surface area contributed by atoms with Crippen LogP contribution in [0.4, 0.5) is 17.6 Å². The van der Waals surface area contributed by atoms with Gasteiger partial charge in [-0.2, -0.15) is 0 Å². The summed E-state index contributed by atoms with van der Waals surface area (Å²) in [6.07, 6.45) is 0. The number of ether oxygens (including phenoxy) is 1. The fraction of sp³-hybridized carbons (Fsp3) is 1.00. The summed E-state index contributed by atoms with van der Waals surface area (Å²) in [4.78, 5) is 0. The second-order valence-corrected chi connectivity index (χ2v) is 0.690. The van der Waals surface area contributed by atoms with Crippen molar-refractivity contribution in [2.45, 2.75) is 6.92 Å². The van der Waals surface area contributed by atoms with Crippen LogP contribution in [0.5, 0.6) is 0 Å². The van der Waals surface area contributed by atoms with E-state index >= 15 is 0 Å². The smallest absolute Gasteiger partial charge is 0.191 e. The minimum atomic E-state index is -1.03. The normalized spacial score (nSPS) is 6.60. The molecule has 0 atom stereocenters. The second-order valence-electron chi connectivity index (χ2n) is 0.690. The first-order chi connectivity index (χ1) is 4.83. The van der Waals surface area contributed by atoms with Gasteiger partial charge >= 0.3 is 0 Å². The molecule has 0 N–H and O–H groups in total. The molecular formula is C5H12F4O. The molecule has 0 bridgehead atoms. The van der Waals surface area contributed by atoms with E-state index in [0.29, 0.717) is 7.18 Å². The standard InChI is InChI=1S/C2H4F2O.C2H5F.CH3F/c3-1-5-2-4;1-2-3;1-2/h1-2H2;2H2,1H3;1H3. The average molecular weight is 164 g/mol. The Morgan fingerprint density at radius 3 is 1.20 bits per heavy atom. The lowest BCUT2D eigenvalue weighted by Gasteiger charge is -1.80. The van der Waals surface area contributed by atoms with E-state index in [-0.39, 0.29) is 6.67 Å². The van der Waals surface area contributed by atoms with Gasteiger partial charge in [-0.25, -0.2) is 8.78 Å². The Hall–Kier alpha value is -0.320. The van der Waals surface area contributed by atoms with Crippen LogP contribution < -0.4 is 0 Å². The molecule has 0 spiro atoms. The van der Waals surface area contributed by atoms with Gasteiger partial charge in [-0.3, -0.25) is 8.78 Å². The molecule has 0 aromatic carbocycles. The van der Waals surface area contributed by atoms with Gasteiger partial charge in [0.2, 0.25) is 0 Å². The summed E-state index contributed by atoms with van der Waals surface area (Å²) >= 11 is 0. The molecule has 0 aliphatic heterocycles. The Labute approximate surface area is 58.0 Å². The minimum absolute atomic E-state index is 0.250. The van der Waals surface area contributed by atoms with E-state index in [2.05, 4.69) is 4.74 Å². The average Bonchev–Trinajstić information content (AvgIpc) is 1.96. The fourth-order valence-electron chi connectivity index (χ4n) is 0.0292. The minimum Gasteiger partial charge on any atom is -0.319 e. The second kappa shape index (κ2) is 37.8. The Morgan fingerprint density at radius 2 is 1.20 bits per heavy atom. The molecule has 10 heavy (non-hydrogen) atoms. The Bertz CT molecular complexity index is 27.6. The SMILES string of the molecule is CCF.CF.FCOCF. The quantitative estimate of drug-likeness (QED) is 0.569. The summed E-state index contributed by atoms with van der Waals surface area (Å²) in [5.74, 6) is 0. The monoisotopic (exact) mass is 164 g/mol. The molecule has 0 aliphatic carbocycles. The summed E-state index contributed by atoms with van der Waals surface area (Å²) in [6.45, 7) is -0.854. The molecule has 0 unspecified atom stereocenters. The first-order valence-electron chi connectivity index (χ1n) is 2.46. The lowest BCUT2D eigenvalue weighted by molar-refractivity contribution is 0.00298. The predicted molar refractivity (Wildman–Crippen MR) is 31.7 cm³/mol. The maximum Gasteiger partial charge on any atom is 0.191 e. The summed E-state index contributed by atoms with van der Waals surface area (Å²) in [7, 11) is 0.500. The molecule has 0 aliphatic rings. The number of hydrogen-bond acceptors (Lipinski definition) is 1. The van der Waals surface area contributed by atoms with Crippen LogP contribution in [-0.4, -0.2) is 27.6 Å². The lowest BCUT2D eigenvalue weighted by atomic mass is 10.9. The molecule has 0 fully saturated rings. The number of halogens is 4. The molecule has 0 radical (unpaired) electrons. The summed E-state index contributed by atoms with van der Waals surface area (Å²) in [5, 5.41) is 0. The first kappa shape index (κ1) is 16.3. The molecule has 1 nitrogen and oxygen atoms in total. The van der Waals surface area contributed by atoms with Gasteiger partial charge in [0.05, 0.1) is 13.9 Å². The van der Waals surface area contributed by atoms with Gasteiger partial charge < -0.3 is 4.74 Å². The highest BCUT2D eigenvalue weighted by Gasteiger charge is 1.70. The van der Waals surface area contributed by atoms with Gasteiger partial charge in [-0.05, 0) is 6.92 Å². The summed E-state index contributed by atoms with van der Waals surface area (Å²) in [5.41, 5.74) is 0. The van der Waals surface area contributed by atoms with Crippen LogP contribution in [0, 0.1) is 0 Å². The van der Waals surface area contributed by atoms with Crippen molar-refractivity contribution in [3.05, 3.63) is 0 Å². The van der Waals surface area contributed by atoms with Gasteiger partial charge in [0.15, 0.2) is 13.7 Å². The molecule has 0 heterocycles. The van der Waals surface area contributed by atoms with Crippen LogP contribution >= 0.6 is 0 Å². The summed E-state index contributed by atoms with van der Waals surface area (Å²) in [6, 6.07) is 0. The Morgan fingerprint density at radius 1 is 1.00 bits per heavy atom. The third-order valence-electron chi connectivity index (χ3n) is 0.154. The fourth-order valence-corrected chi connectivity index (χ4v) is 0.0292. The number of rotatable bonds is 2. The largest absolute Gasteiger partial charge is 0.319 e. The third-order valence-corrected chi connectivity index (χ3v) is 0.154. The van der Waals surface area contributed by atoms with Crippen molar-refractivity contribution in [1.29, 1.82) is 0 Å². The van der Waals surface area contributed by atoms with Crippen molar-refractivity contribution in [1.82, 2.24) is 0 Å². The molecule has 0 rings (SSSR count). The zero-order chi connectivity index (χ0) is 8.83. The van der Waals surface area contributed by atoms with Crippen LogP contribution in [0.15, 0.2) is 0 Å². The van der Waals surface area contributed by atoms with Gasteiger partial charge in [-0.15, -0.1) is 0 Å². The van der Waals surface area contributed by atoms with Crippen LogP contribution in [0.25, 0.3) is 0 Å². The van der Waals surface area contributed by atoms with Gasteiger partial charge in [0.25, 0.3) is 0 Å². The predicted octanol–water partition coefficient (Wildman–Crippen LogP) is 2.42. The molecule has 0 amide bonds. The van der Waals surface area contributed by atoms with E-state index in [1.807, 2.05) is 0 Å². The molecule has 0 saturated carbocycles. The highest BCUT2D eigenvalue weighted by atomic mass is 19.2. The van der Waals surface area contributed by atoms with E-state index in [4.69, 9.17) is 0 Å². The van der Waals surface area contributed by atoms with Crippen molar-refractivity contribution in [2.75, 3.05) is 27.6 Å². The van der Waals surface area contributed by atoms with E-state index in [1.165, 1.54) is 6.92 Å². The molecule has 0 aromatic heterocycles. The van der Waals surface area contributed by atoms with Crippen LogP contribution in [-0.2, 0) is 4.74 Å². The third kappa shape index (κ3) is 121. The van der Waals surface area contributed by atoms with Gasteiger partial charge in [-0.1, -0.05) is 0 Å². The molecule has 66 valence electrons. The van der Waals surface area contributed by atoms with Crippen LogP contribution in [0.3, 0.4) is 0 Å². The lowest BCUT2D eigenvalue weighted by Crippen LogP contribution is -1.80. The van der Waals surface area contributed by atoms with E-state index in [0.717, 1.165) is 0 Å². The molecular weight excluding hydrogens is 152 g/mol. The van der Waals surface area contributed by atoms with Crippen molar-refractivity contribution in [2.24, 2.45) is 0 Å². The maximum absolute atomic E-state index is 10.5. The highest BCUT2D eigenvalue weighted by Crippen LogP contribution is 1.71. The van der Waals surface area contributed by atoms with Crippen molar-refractivity contribution in [3.63, 3.8) is 0 Å². The number of alkyl halides is 4. The van der Waals surface area contributed by atoms with E-state index in [9.17, 15) is 17.6 Å². The first-order valence-corrected chi connectivity index (χ1v) is 2.46. The van der Waals surface area contributed by atoms with Crippen molar-refractivity contribution >= 4 is 0 Å². The van der Waals surface area contributed by atoms with Crippen molar-refractivity contribution < 1.29 is 22.3 Å². The topological polar surface area (TPSA) is 9.23 Å². The summed E-state index contributed by atoms with van der Waals surface area (Å²) < 4.78 is 44.4. The Kier molecular flexibility index (Phi) is 61.8. The van der Waals surface area contributed by atoms with Gasteiger partial charge in [0.1, 0.15) is 0 Å². The van der Waals surface area contributed by atoms with Crippen LogP contribution in [0.2, 0.25) is 0 Å². The van der Waals surface area contributed by atoms with Gasteiger partial charge in [0, 0.05) is 0 Å². The zero-order valence-corrected chi connectivity index (χ0v) is 6.04. The van der Waals surface area contributed by atoms with E-state index < -0.39 is 13.7 Å². The van der Waals surface area contributed by atoms with Crippen LogP contribution in [0.1, 0.15) is 6.92 Å². The zero-order valence-electron chi connectivity index (χ0n) is 6.04. The molecule has 5 heteroatoms. The maximum atomic E-state index is 10.5.